The third-order valence-electron chi connectivity index (χ3n) is 7.03. The van der Waals surface area contributed by atoms with Crippen molar-refractivity contribution in [3.63, 3.8) is 0 Å². The van der Waals surface area contributed by atoms with Crippen molar-refractivity contribution in [2.45, 2.75) is 83.8 Å². The van der Waals surface area contributed by atoms with E-state index >= 15 is 0 Å². The first kappa shape index (κ1) is 29.1. The Hall–Kier alpha value is -2.51. The van der Waals surface area contributed by atoms with Gasteiger partial charge >= 0.3 is 0 Å². The molecule has 2 aliphatic rings. The van der Waals surface area contributed by atoms with Crippen molar-refractivity contribution in [1.29, 1.82) is 0 Å². The maximum atomic E-state index is 13.6. The second-order valence-corrected chi connectivity index (χ2v) is 12.0. The number of hydrogen-bond donors (Lipinski definition) is 2. The lowest BCUT2D eigenvalue weighted by Gasteiger charge is -2.43. The van der Waals surface area contributed by atoms with Crippen molar-refractivity contribution in [1.82, 2.24) is 25.4 Å². The first-order valence-electron chi connectivity index (χ1n) is 12.8. The zero-order valence-corrected chi connectivity index (χ0v) is 23.9. The van der Waals surface area contributed by atoms with E-state index in [1.165, 1.54) is 0 Å². The molecule has 0 aromatic carbocycles. The van der Waals surface area contributed by atoms with Gasteiger partial charge in [0.25, 0.3) is 11.8 Å². The summed E-state index contributed by atoms with van der Waals surface area (Å²) in [4.78, 5) is 36.5. The molecule has 0 saturated heterocycles. The zero-order valence-electron chi connectivity index (χ0n) is 23.9. The predicted molar refractivity (Wildman–Crippen MR) is 143 cm³/mol. The van der Waals surface area contributed by atoms with E-state index < -0.39 is 22.3 Å². The Kier molecular flexibility index (Phi) is 8.40. The smallest absolute Gasteiger partial charge is 0.253 e. The normalized spacial score (nSPS) is 31.9. The van der Waals surface area contributed by atoms with Crippen LogP contribution in [0.5, 0.6) is 0 Å². The van der Waals surface area contributed by atoms with Crippen molar-refractivity contribution in [2.75, 3.05) is 40.4 Å². The lowest BCUT2D eigenvalue weighted by molar-refractivity contribution is -0.150. The Morgan fingerprint density at radius 1 is 0.784 bits per heavy atom. The number of ether oxygens (including phenoxy) is 2. The van der Waals surface area contributed by atoms with E-state index in [1.54, 1.807) is 28.1 Å². The SMILES string of the molecule is CC#Cc1cc2nc(c1)CN1CC(C)(C)NC(=O)[C@](C)(OC)CN(C2)CC(C)(C)NC(=O)[C@@](C)(OC)C1. The number of hydrogen-bond acceptors (Lipinski definition) is 7. The van der Waals surface area contributed by atoms with Gasteiger partial charge in [-0.2, -0.15) is 0 Å². The van der Waals surface area contributed by atoms with Gasteiger partial charge in [0.2, 0.25) is 0 Å². The summed E-state index contributed by atoms with van der Waals surface area (Å²) < 4.78 is 11.7. The summed E-state index contributed by atoms with van der Waals surface area (Å²) >= 11 is 0. The highest BCUT2D eigenvalue weighted by Crippen LogP contribution is 2.24. The third kappa shape index (κ3) is 7.08. The monoisotopic (exact) mass is 513 g/mol. The Morgan fingerprint density at radius 3 is 1.54 bits per heavy atom. The maximum Gasteiger partial charge on any atom is 0.253 e. The Bertz CT molecular complexity index is 1020. The van der Waals surface area contributed by atoms with Gasteiger partial charge in [0.05, 0.1) is 11.4 Å². The molecule has 1 aromatic heterocycles. The highest BCUT2D eigenvalue weighted by atomic mass is 16.5. The van der Waals surface area contributed by atoms with Gasteiger partial charge in [-0.3, -0.25) is 24.4 Å². The lowest BCUT2D eigenvalue weighted by atomic mass is 9.95. The fourth-order valence-corrected chi connectivity index (χ4v) is 5.21. The molecule has 2 unspecified atom stereocenters. The van der Waals surface area contributed by atoms with Gasteiger partial charge in [-0.25, -0.2) is 0 Å². The topological polar surface area (TPSA) is 96.0 Å². The van der Waals surface area contributed by atoms with Crippen LogP contribution in [0.25, 0.3) is 0 Å². The van der Waals surface area contributed by atoms with Crippen molar-refractivity contribution < 1.29 is 19.1 Å². The number of carbonyl (C=O) groups excluding carboxylic acids is 2. The molecule has 37 heavy (non-hydrogen) atoms. The van der Waals surface area contributed by atoms with Gasteiger partial charge in [-0.05, 0) is 60.6 Å². The van der Waals surface area contributed by atoms with Crippen LogP contribution in [0, 0.1) is 11.8 Å². The Morgan fingerprint density at radius 2 is 1.19 bits per heavy atom. The molecule has 0 aliphatic carbocycles. The fraction of sp³-hybridized carbons (Fsp3) is 0.679. The van der Waals surface area contributed by atoms with E-state index in [9.17, 15) is 9.59 Å². The van der Waals surface area contributed by atoms with Crippen LogP contribution in [-0.4, -0.2) is 89.3 Å². The van der Waals surface area contributed by atoms with Crippen LogP contribution < -0.4 is 10.6 Å². The minimum atomic E-state index is -1.12. The van der Waals surface area contributed by atoms with Gasteiger partial charge in [-0.15, -0.1) is 5.92 Å². The molecule has 3 rings (SSSR count). The lowest BCUT2D eigenvalue weighted by Crippen LogP contribution is -2.65. The third-order valence-corrected chi connectivity index (χ3v) is 7.03. The molecular weight excluding hydrogens is 470 g/mol. The van der Waals surface area contributed by atoms with E-state index in [1.807, 2.05) is 46.8 Å². The number of fused-ring (bicyclic) bond motifs is 2. The van der Waals surface area contributed by atoms with E-state index in [4.69, 9.17) is 14.5 Å². The largest absolute Gasteiger partial charge is 0.367 e. The molecule has 4 bridgehead atoms. The molecule has 1 aromatic rings. The van der Waals surface area contributed by atoms with Crippen molar-refractivity contribution in [2.24, 2.45) is 0 Å². The predicted octanol–water partition coefficient (Wildman–Crippen LogP) is 1.68. The second-order valence-electron chi connectivity index (χ2n) is 12.0. The summed E-state index contributed by atoms with van der Waals surface area (Å²) in [6.07, 6.45) is 0. The van der Waals surface area contributed by atoms with Crippen LogP contribution in [0.3, 0.4) is 0 Å². The number of carbonyl (C=O) groups is 2. The number of methoxy groups -OCH3 is 2. The molecule has 0 saturated carbocycles. The van der Waals surface area contributed by atoms with Crippen LogP contribution >= 0.6 is 0 Å². The standard InChI is InChI=1S/C28H43N5O4/c1-10-11-20-12-21-14-32-16-25(2,3)30-23(34)27(6,36-8)19-33(15-22(13-20)29-21)17-26(4,5)31-24(35)28(7,18-32)37-9/h12-13H,14-19H2,1-9H3,(H,30,34)(H,31,35)/t27-,28+. The first-order valence-corrected chi connectivity index (χ1v) is 12.8. The second kappa shape index (κ2) is 10.7. The van der Waals surface area contributed by atoms with Crippen LogP contribution in [0.1, 0.15) is 65.4 Å². The summed E-state index contributed by atoms with van der Waals surface area (Å²) in [5.74, 6) is 5.80. The molecule has 2 N–H and O–H groups in total. The minimum absolute atomic E-state index is 0.185. The molecular formula is C28H43N5O4. The highest BCUT2D eigenvalue weighted by Gasteiger charge is 2.43. The molecule has 0 fully saturated rings. The molecule has 9 nitrogen and oxygen atoms in total. The van der Waals surface area contributed by atoms with Crippen molar-refractivity contribution in [3.8, 4) is 11.8 Å². The van der Waals surface area contributed by atoms with Crippen LogP contribution in [0.2, 0.25) is 0 Å². The van der Waals surface area contributed by atoms with Crippen molar-refractivity contribution >= 4 is 11.8 Å². The Balaban J connectivity index is 2.27. The highest BCUT2D eigenvalue weighted by molar-refractivity contribution is 5.86. The van der Waals surface area contributed by atoms with Crippen molar-refractivity contribution in [3.05, 3.63) is 29.1 Å². The van der Waals surface area contributed by atoms with Crippen LogP contribution in [0.15, 0.2) is 12.1 Å². The molecule has 0 radical (unpaired) electrons. The van der Waals surface area contributed by atoms with E-state index in [0.29, 0.717) is 39.3 Å². The van der Waals surface area contributed by atoms with Gasteiger partial charge < -0.3 is 20.1 Å². The van der Waals surface area contributed by atoms with Gasteiger partial charge in [-0.1, -0.05) is 5.92 Å². The number of rotatable bonds is 2. The quantitative estimate of drug-likeness (QED) is 0.581. The molecule has 0 spiro atoms. The molecule has 2 aliphatic heterocycles. The zero-order chi connectivity index (χ0) is 27.6. The average Bonchev–Trinajstić information content (AvgIpc) is 2.76. The number of amides is 2. The summed E-state index contributed by atoms with van der Waals surface area (Å²) in [6.45, 7) is 15.8. The molecule has 9 heteroatoms. The summed E-state index contributed by atoms with van der Waals surface area (Å²) in [7, 11) is 3.12. The summed E-state index contributed by atoms with van der Waals surface area (Å²) in [5, 5.41) is 6.41. The average molecular weight is 514 g/mol. The van der Waals surface area contributed by atoms with Gasteiger partial charge in [0, 0.05) is 70.1 Å². The number of nitrogens with one attached hydrogen (secondary N) is 2. The van der Waals surface area contributed by atoms with Gasteiger partial charge in [0.15, 0.2) is 11.2 Å². The number of pyridine rings is 1. The minimum Gasteiger partial charge on any atom is -0.367 e. The molecule has 2 amide bonds. The van der Waals surface area contributed by atoms with E-state index in [0.717, 1.165) is 17.0 Å². The Labute approximate surface area is 221 Å². The molecule has 204 valence electrons. The fourth-order valence-electron chi connectivity index (χ4n) is 5.21. The van der Waals surface area contributed by atoms with Gasteiger partial charge in [0.1, 0.15) is 0 Å². The maximum absolute atomic E-state index is 13.6. The van der Waals surface area contributed by atoms with E-state index in [-0.39, 0.29) is 11.8 Å². The number of aromatic nitrogens is 1. The summed E-state index contributed by atoms with van der Waals surface area (Å²) in [5.41, 5.74) is -0.914. The molecule has 3 heterocycles. The first-order chi connectivity index (χ1) is 17.1. The number of nitrogens with zero attached hydrogens (tertiary/aromatic N) is 3. The van der Waals surface area contributed by atoms with Crippen LogP contribution in [0.4, 0.5) is 0 Å². The van der Waals surface area contributed by atoms with Crippen LogP contribution in [-0.2, 0) is 32.2 Å². The summed E-state index contributed by atoms with van der Waals surface area (Å²) in [6, 6.07) is 3.99. The molecule has 4 atom stereocenters. The van der Waals surface area contributed by atoms with E-state index in [2.05, 4.69) is 32.3 Å².